The summed E-state index contributed by atoms with van der Waals surface area (Å²) in [6, 6.07) is 40.6. The first-order chi connectivity index (χ1) is 16.6. The smallest absolute Gasteiger partial charge is 0.507 e. The van der Waals surface area contributed by atoms with Gasteiger partial charge in [-0.1, -0.05) is 48.5 Å². The molecule has 0 heterocycles. The quantitative estimate of drug-likeness (QED) is 0.131. The molecule has 0 amide bonds. The molecule has 0 aliphatic heterocycles. The molecule has 4 N–H and O–H groups in total. The van der Waals surface area contributed by atoms with Gasteiger partial charge in [0.25, 0.3) is 0 Å². The Bertz CT molecular complexity index is 1170. The number of fused-ring (bicyclic) bond motifs is 2. The maximum atomic E-state index is 9.39. The number of aromatic hydroxyl groups is 4. The van der Waals surface area contributed by atoms with E-state index in [1.54, 1.807) is 48.5 Å². The molecule has 0 fully saturated rings. The minimum Gasteiger partial charge on any atom is -0.507 e. The Morgan fingerprint density at radius 3 is 0.800 bits per heavy atom. The Balaban J connectivity index is 0.000000176. The van der Waals surface area contributed by atoms with E-state index in [1.807, 2.05) is 84.9 Å². The van der Waals surface area contributed by atoms with E-state index in [4.69, 9.17) is 0 Å². The van der Waals surface area contributed by atoms with Crippen LogP contribution in [0.1, 0.15) is 0 Å². The zero-order valence-electron chi connectivity index (χ0n) is 19.0. The van der Waals surface area contributed by atoms with E-state index in [2.05, 4.69) is 0 Å². The van der Waals surface area contributed by atoms with Crippen LogP contribution in [0.3, 0.4) is 0 Å². The van der Waals surface area contributed by atoms with Gasteiger partial charge in [0.05, 0.1) is 10.8 Å². The van der Waals surface area contributed by atoms with Crippen molar-refractivity contribution in [2.75, 3.05) is 0 Å². The van der Waals surface area contributed by atoms with E-state index in [9.17, 15) is 20.4 Å². The van der Waals surface area contributed by atoms with E-state index < -0.39 is 0 Å². The van der Waals surface area contributed by atoms with E-state index in [0.29, 0.717) is 10.8 Å². The van der Waals surface area contributed by atoms with Crippen molar-refractivity contribution in [2.45, 2.75) is 0 Å². The van der Waals surface area contributed by atoms with Crippen LogP contribution in [0.4, 0.5) is 0 Å². The molecule has 0 atom stereocenters. The van der Waals surface area contributed by atoms with Crippen molar-refractivity contribution in [3.05, 3.63) is 133 Å². The summed E-state index contributed by atoms with van der Waals surface area (Å²) in [5, 5.41) is 40.3. The summed E-state index contributed by atoms with van der Waals surface area (Å²) in [4.78, 5) is 0. The number of phenols is 4. The number of phenolic OH excluding ortho intramolecular Hbond substituents is 4. The fourth-order valence-electron chi connectivity index (χ4n) is 3.24. The summed E-state index contributed by atoms with van der Waals surface area (Å²) in [6.07, 6.45) is 0. The summed E-state index contributed by atoms with van der Waals surface area (Å²) < 4.78 is 0. The molecule has 4 nitrogen and oxygen atoms in total. The predicted molar refractivity (Wildman–Crippen MR) is 139 cm³/mol. The summed E-state index contributed by atoms with van der Waals surface area (Å²) in [5.74, 6) is 0.465. The van der Waals surface area contributed by atoms with Gasteiger partial charge in [0.2, 0.25) is 0 Å². The van der Waals surface area contributed by atoms with E-state index in [0.717, 1.165) is 10.8 Å². The van der Waals surface area contributed by atoms with Crippen LogP contribution in [0.15, 0.2) is 133 Å². The summed E-state index contributed by atoms with van der Waals surface area (Å²) in [6.45, 7) is 0. The van der Waals surface area contributed by atoms with Gasteiger partial charge in [-0.2, -0.15) is 36.4 Å². The van der Waals surface area contributed by atoms with Gasteiger partial charge in [-0.3, -0.25) is 0 Å². The van der Waals surface area contributed by atoms with Crippen molar-refractivity contribution in [3.8, 4) is 23.0 Å². The Kier molecular flexibility index (Phi) is 11.1. The average molecular weight is 498 g/mol. The maximum Gasteiger partial charge on any atom is 2.00 e. The minimum absolute atomic E-state index is 0. The third-order valence-electron chi connectivity index (χ3n) is 4.83. The number of hydrogen-bond acceptors (Lipinski definition) is 4. The molecule has 0 saturated carbocycles. The van der Waals surface area contributed by atoms with E-state index in [1.165, 1.54) is 0 Å². The average Bonchev–Trinajstić information content (AvgIpc) is 3.59. The zero-order valence-corrected chi connectivity index (χ0v) is 20.6. The van der Waals surface area contributed by atoms with Crippen LogP contribution in [-0.2, 0) is 21.7 Å². The molecule has 0 aliphatic rings. The third kappa shape index (κ3) is 8.07. The van der Waals surface area contributed by atoms with Crippen LogP contribution < -0.4 is 0 Å². The Hall–Kier alpha value is -3.99. The van der Waals surface area contributed by atoms with Crippen LogP contribution >= 0.6 is 0 Å². The molecule has 174 valence electrons. The monoisotopic (exact) mass is 498 g/mol. The Morgan fingerprint density at radius 1 is 0.371 bits per heavy atom. The van der Waals surface area contributed by atoms with Crippen molar-refractivity contribution in [2.24, 2.45) is 0 Å². The fourth-order valence-corrected chi connectivity index (χ4v) is 3.24. The minimum atomic E-state index is 0. The van der Waals surface area contributed by atoms with Crippen LogP contribution in [0.5, 0.6) is 23.0 Å². The van der Waals surface area contributed by atoms with Gasteiger partial charge < -0.3 is 20.4 Å². The first kappa shape index (κ1) is 27.3. The molecule has 0 radical (unpaired) electrons. The largest absolute Gasteiger partial charge is 2.00 e. The molecule has 6 aromatic rings. The molecule has 0 unspecified atom stereocenters. The number of hydrogen-bond donors (Lipinski definition) is 4. The second-order valence-corrected chi connectivity index (χ2v) is 7.23. The first-order valence-corrected chi connectivity index (χ1v) is 10.7. The molecule has 5 heteroatoms. The molecule has 0 spiro atoms. The molecule has 6 aromatic carbocycles. The van der Waals surface area contributed by atoms with Crippen LogP contribution in [0.25, 0.3) is 21.5 Å². The van der Waals surface area contributed by atoms with Gasteiger partial charge in [0.1, 0.15) is 23.0 Å². The molecular weight excluding hydrogens is 472 g/mol. The molecular formula is C30H26O4Ti. The van der Waals surface area contributed by atoms with Crippen LogP contribution in [0, 0.1) is 0 Å². The molecule has 0 bridgehead atoms. The van der Waals surface area contributed by atoms with Crippen LogP contribution in [0.2, 0.25) is 0 Å². The first-order valence-electron chi connectivity index (χ1n) is 10.7. The molecule has 6 rings (SSSR count). The Morgan fingerprint density at radius 2 is 0.629 bits per heavy atom. The van der Waals surface area contributed by atoms with Crippen molar-refractivity contribution in [1.29, 1.82) is 0 Å². The van der Waals surface area contributed by atoms with Gasteiger partial charge in [-0.15, -0.1) is 0 Å². The molecule has 35 heavy (non-hydrogen) atoms. The van der Waals surface area contributed by atoms with Crippen molar-refractivity contribution in [3.63, 3.8) is 0 Å². The zero-order chi connectivity index (χ0) is 24.2. The van der Waals surface area contributed by atoms with Gasteiger partial charge in [0, 0.05) is 0 Å². The second kappa shape index (κ2) is 14.3. The van der Waals surface area contributed by atoms with Crippen molar-refractivity contribution < 1.29 is 42.1 Å². The number of benzene rings is 4. The summed E-state index contributed by atoms with van der Waals surface area (Å²) >= 11 is 0. The topological polar surface area (TPSA) is 80.9 Å². The Labute approximate surface area is 219 Å². The van der Waals surface area contributed by atoms with E-state index >= 15 is 0 Å². The molecule has 0 aromatic heterocycles. The van der Waals surface area contributed by atoms with E-state index in [-0.39, 0.29) is 44.7 Å². The third-order valence-corrected chi connectivity index (χ3v) is 4.83. The summed E-state index contributed by atoms with van der Waals surface area (Å²) in [7, 11) is 0. The predicted octanol–water partition coefficient (Wildman–Crippen LogP) is 7.31. The van der Waals surface area contributed by atoms with Crippen LogP contribution in [-0.4, -0.2) is 20.4 Å². The van der Waals surface area contributed by atoms with Crippen molar-refractivity contribution >= 4 is 21.5 Å². The van der Waals surface area contributed by atoms with Gasteiger partial charge in [-0.05, 0) is 35.0 Å². The molecule has 0 saturated heterocycles. The van der Waals surface area contributed by atoms with Gasteiger partial charge >= 0.3 is 21.7 Å². The number of rotatable bonds is 0. The maximum absolute atomic E-state index is 9.39. The normalized spacial score (nSPS) is 9.37. The fraction of sp³-hybridized carbons (Fsp3) is 0. The SMILES string of the molecule is Oc1cccc2cccc(O)c12.Oc1cccc2cccc(O)c12.[Ti+2].c1cc[cH-]c1.c1cc[cH-]c1. The summed E-state index contributed by atoms with van der Waals surface area (Å²) in [5.41, 5.74) is 0. The van der Waals surface area contributed by atoms with Crippen molar-refractivity contribution in [1.82, 2.24) is 0 Å². The molecule has 0 aliphatic carbocycles. The van der Waals surface area contributed by atoms with Gasteiger partial charge in [-0.25, -0.2) is 24.3 Å². The van der Waals surface area contributed by atoms with Gasteiger partial charge in [0.15, 0.2) is 0 Å². The standard InChI is InChI=1S/2C10H8O2.2C5H5.Ti/c2*11-8-5-1-3-7-4-2-6-9(12)10(7)8;2*1-2-4-5-3-1;/h2*1-6,11-12H;2*1-5H;/q;;2*-1;+2. The second-order valence-electron chi connectivity index (χ2n) is 7.23.